The van der Waals surface area contributed by atoms with E-state index in [1.165, 1.54) is 51.4 Å². The maximum Gasteiger partial charge on any atom is 0.0832 e. The van der Waals surface area contributed by atoms with E-state index < -0.39 is 11.5 Å². The van der Waals surface area contributed by atoms with Gasteiger partial charge in [0, 0.05) is 0 Å². The largest absolute Gasteiger partial charge is 0.391 e. The number of aliphatic hydroxyl groups excluding tert-OH is 1. The molecule has 0 aromatic heterocycles. The first-order valence-corrected chi connectivity index (χ1v) is 8.36. The van der Waals surface area contributed by atoms with Gasteiger partial charge in [-0.3, -0.25) is 0 Å². The lowest BCUT2D eigenvalue weighted by Gasteiger charge is -2.36. The molecule has 2 aliphatic carbocycles. The summed E-state index contributed by atoms with van der Waals surface area (Å²) < 4.78 is 0. The molecule has 0 heterocycles. The van der Waals surface area contributed by atoms with Crippen molar-refractivity contribution in [3.8, 4) is 6.07 Å². The minimum atomic E-state index is -0.433. The summed E-state index contributed by atoms with van der Waals surface area (Å²) in [5, 5.41) is 20.3. The highest BCUT2D eigenvalue weighted by Gasteiger charge is 2.38. The lowest BCUT2D eigenvalue weighted by molar-refractivity contribution is 0.0207. The Balaban J connectivity index is 1.95. The van der Waals surface area contributed by atoms with Gasteiger partial charge in [0.05, 0.1) is 17.6 Å². The summed E-state index contributed by atoms with van der Waals surface area (Å²) in [7, 11) is 0. The van der Waals surface area contributed by atoms with Gasteiger partial charge in [-0.05, 0) is 25.2 Å². The highest BCUT2D eigenvalue weighted by molar-refractivity contribution is 5.04. The van der Waals surface area contributed by atoms with Gasteiger partial charge in [-0.15, -0.1) is 0 Å². The first-order chi connectivity index (χ1) is 9.27. The van der Waals surface area contributed by atoms with Crippen LogP contribution in [-0.4, -0.2) is 11.2 Å². The molecule has 2 fully saturated rings. The monoisotopic (exact) mass is 263 g/mol. The van der Waals surface area contributed by atoms with Gasteiger partial charge in [0.15, 0.2) is 0 Å². The summed E-state index contributed by atoms with van der Waals surface area (Å²) in [6.45, 7) is 0. The summed E-state index contributed by atoms with van der Waals surface area (Å²) >= 11 is 0. The van der Waals surface area contributed by atoms with Gasteiger partial charge in [0.25, 0.3) is 0 Å². The number of hydrogen-bond acceptors (Lipinski definition) is 2. The van der Waals surface area contributed by atoms with Crippen molar-refractivity contribution in [2.45, 2.75) is 89.6 Å². The van der Waals surface area contributed by atoms with Crippen molar-refractivity contribution in [1.29, 1.82) is 5.26 Å². The average Bonchev–Trinajstić information content (AvgIpc) is 2.40. The van der Waals surface area contributed by atoms with E-state index in [0.29, 0.717) is 5.92 Å². The molecule has 0 bridgehead atoms. The van der Waals surface area contributed by atoms with Crippen LogP contribution < -0.4 is 0 Å². The van der Waals surface area contributed by atoms with Gasteiger partial charge >= 0.3 is 0 Å². The minimum Gasteiger partial charge on any atom is -0.391 e. The van der Waals surface area contributed by atoms with E-state index >= 15 is 0 Å². The molecule has 1 N–H and O–H groups in total. The van der Waals surface area contributed by atoms with Crippen LogP contribution in [0.2, 0.25) is 0 Å². The number of hydrogen-bond donors (Lipinski definition) is 1. The Morgan fingerprint density at radius 1 is 0.947 bits per heavy atom. The SMILES string of the molecule is N#CC1(C(O)CC2CCCCC2)CCCCCCC1. The molecule has 0 saturated heterocycles. The summed E-state index contributed by atoms with van der Waals surface area (Å²) in [4.78, 5) is 0. The van der Waals surface area contributed by atoms with Crippen LogP contribution in [0.15, 0.2) is 0 Å². The molecule has 2 nitrogen and oxygen atoms in total. The molecule has 2 rings (SSSR count). The number of rotatable bonds is 3. The number of nitriles is 1. The van der Waals surface area contributed by atoms with Gasteiger partial charge in [-0.2, -0.15) is 5.26 Å². The Kier molecular flexibility index (Phi) is 5.70. The molecular weight excluding hydrogens is 234 g/mol. The maximum atomic E-state index is 10.7. The van der Waals surface area contributed by atoms with Crippen molar-refractivity contribution in [3.05, 3.63) is 0 Å². The lowest BCUT2D eigenvalue weighted by Crippen LogP contribution is -2.36. The molecule has 0 amide bonds. The van der Waals surface area contributed by atoms with E-state index in [2.05, 4.69) is 6.07 Å². The molecular formula is C17H29NO. The van der Waals surface area contributed by atoms with Crippen LogP contribution in [0, 0.1) is 22.7 Å². The predicted molar refractivity (Wildman–Crippen MR) is 77.6 cm³/mol. The predicted octanol–water partition coefficient (Wildman–Crippen LogP) is 4.57. The number of aliphatic hydroxyl groups is 1. The normalized spacial score (nSPS) is 26.9. The van der Waals surface area contributed by atoms with E-state index in [4.69, 9.17) is 0 Å². The van der Waals surface area contributed by atoms with Crippen molar-refractivity contribution in [2.75, 3.05) is 0 Å². The second kappa shape index (κ2) is 7.29. The molecule has 0 aromatic carbocycles. The second-order valence-electron chi connectivity index (χ2n) is 6.79. The fourth-order valence-corrected chi connectivity index (χ4v) is 4.02. The van der Waals surface area contributed by atoms with Crippen LogP contribution in [0.5, 0.6) is 0 Å². The summed E-state index contributed by atoms with van der Waals surface area (Å²) in [6, 6.07) is 2.52. The fourth-order valence-electron chi connectivity index (χ4n) is 4.02. The molecule has 0 aliphatic heterocycles. The van der Waals surface area contributed by atoms with Gasteiger partial charge in [-0.1, -0.05) is 64.2 Å². The molecule has 108 valence electrons. The second-order valence-corrected chi connectivity index (χ2v) is 6.79. The van der Waals surface area contributed by atoms with Gasteiger partial charge < -0.3 is 5.11 Å². The van der Waals surface area contributed by atoms with E-state index in [9.17, 15) is 10.4 Å². The number of nitrogens with zero attached hydrogens (tertiary/aromatic N) is 1. The standard InChI is InChI=1S/C17H29NO/c18-14-17(11-7-2-1-3-8-12-17)16(19)13-15-9-5-4-6-10-15/h15-16,19H,1-13H2. The zero-order valence-corrected chi connectivity index (χ0v) is 12.2. The van der Waals surface area contributed by atoms with E-state index in [1.807, 2.05) is 0 Å². The molecule has 0 aromatic rings. The van der Waals surface area contributed by atoms with Crippen LogP contribution in [0.25, 0.3) is 0 Å². The summed E-state index contributed by atoms with van der Waals surface area (Å²) in [6.07, 6.45) is 14.8. The third-order valence-electron chi connectivity index (χ3n) is 5.39. The average molecular weight is 263 g/mol. The van der Waals surface area contributed by atoms with Crippen molar-refractivity contribution in [1.82, 2.24) is 0 Å². The zero-order valence-electron chi connectivity index (χ0n) is 12.2. The highest BCUT2D eigenvalue weighted by Crippen LogP contribution is 2.40. The summed E-state index contributed by atoms with van der Waals surface area (Å²) in [5.41, 5.74) is -0.433. The van der Waals surface area contributed by atoms with Crippen LogP contribution in [-0.2, 0) is 0 Å². The van der Waals surface area contributed by atoms with Gasteiger partial charge in [-0.25, -0.2) is 0 Å². The molecule has 0 spiro atoms. The highest BCUT2D eigenvalue weighted by atomic mass is 16.3. The lowest BCUT2D eigenvalue weighted by atomic mass is 9.70. The van der Waals surface area contributed by atoms with Gasteiger partial charge in [0.1, 0.15) is 0 Å². The molecule has 1 unspecified atom stereocenters. The first-order valence-electron chi connectivity index (χ1n) is 8.36. The van der Waals surface area contributed by atoms with Gasteiger partial charge in [0.2, 0.25) is 0 Å². The summed E-state index contributed by atoms with van der Waals surface area (Å²) in [5.74, 6) is 0.666. The van der Waals surface area contributed by atoms with E-state index in [-0.39, 0.29) is 0 Å². The molecule has 2 heteroatoms. The van der Waals surface area contributed by atoms with Crippen LogP contribution in [0.4, 0.5) is 0 Å². The Labute approximate surface area is 118 Å². The third-order valence-corrected chi connectivity index (χ3v) is 5.39. The van der Waals surface area contributed by atoms with Crippen LogP contribution in [0.1, 0.15) is 83.5 Å². The maximum absolute atomic E-state index is 10.7. The molecule has 2 saturated carbocycles. The van der Waals surface area contributed by atoms with Crippen molar-refractivity contribution >= 4 is 0 Å². The Bertz CT molecular complexity index is 293. The fraction of sp³-hybridized carbons (Fsp3) is 0.941. The molecule has 1 atom stereocenters. The van der Waals surface area contributed by atoms with Crippen molar-refractivity contribution in [2.24, 2.45) is 11.3 Å². The quantitative estimate of drug-likeness (QED) is 0.810. The molecule has 2 aliphatic rings. The third kappa shape index (κ3) is 3.96. The van der Waals surface area contributed by atoms with Crippen molar-refractivity contribution < 1.29 is 5.11 Å². The van der Waals surface area contributed by atoms with E-state index in [0.717, 1.165) is 32.1 Å². The smallest absolute Gasteiger partial charge is 0.0832 e. The minimum absolute atomic E-state index is 0.390. The Morgan fingerprint density at radius 3 is 2.05 bits per heavy atom. The molecule has 0 radical (unpaired) electrons. The van der Waals surface area contributed by atoms with Crippen LogP contribution >= 0.6 is 0 Å². The zero-order chi connectivity index (χ0) is 13.6. The van der Waals surface area contributed by atoms with Crippen molar-refractivity contribution in [3.63, 3.8) is 0 Å². The first kappa shape index (κ1) is 14.9. The Hall–Kier alpha value is -0.550. The Morgan fingerprint density at radius 2 is 1.47 bits per heavy atom. The topological polar surface area (TPSA) is 44.0 Å². The molecule has 19 heavy (non-hydrogen) atoms. The van der Waals surface area contributed by atoms with E-state index in [1.54, 1.807) is 0 Å². The van der Waals surface area contributed by atoms with Crippen LogP contribution in [0.3, 0.4) is 0 Å².